The highest BCUT2D eigenvalue weighted by Crippen LogP contribution is 2.26. The summed E-state index contributed by atoms with van der Waals surface area (Å²) in [5, 5.41) is 2.50. The van der Waals surface area contributed by atoms with E-state index >= 15 is 0 Å². The van der Waals surface area contributed by atoms with Crippen molar-refractivity contribution in [3.8, 4) is 0 Å². The lowest BCUT2D eigenvalue weighted by atomic mass is 9.96. The first-order chi connectivity index (χ1) is 10.1. The number of likely N-dealkylation sites (tertiary alicyclic amines) is 1. The number of carbonyl (C=O) groups is 3. The van der Waals surface area contributed by atoms with Gasteiger partial charge in [-0.2, -0.15) is 0 Å². The number of hydrogen-bond donors (Lipinski definition) is 1. The molecule has 0 aromatic heterocycles. The van der Waals surface area contributed by atoms with E-state index in [1.807, 2.05) is 0 Å². The van der Waals surface area contributed by atoms with Crippen LogP contribution < -0.4 is 5.32 Å². The Kier molecular flexibility index (Phi) is 4.06. The van der Waals surface area contributed by atoms with Gasteiger partial charge in [-0.05, 0) is 18.2 Å². The maximum atomic E-state index is 12.2. The normalized spacial score (nSPS) is 22.0. The van der Waals surface area contributed by atoms with Gasteiger partial charge in [0.05, 0.1) is 10.8 Å². The second kappa shape index (κ2) is 5.53. The van der Waals surface area contributed by atoms with Crippen LogP contribution in [0, 0.1) is 11.8 Å². The Morgan fingerprint density at radius 2 is 1.86 bits per heavy atom. The molecule has 8 heteroatoms. The van der Waals surface area contributed by atoms with E-state index in [0.29, 0.717) is 0 Å². The number of anilines is 1. The summed E-state index contributed by atoms with van der Waals surface area (Å²) in [5.74, 6) is -3.43. The molecule has 0 saturated carbocycles. The molecule has 1 saturated heterocycles. The van der Waals surface area contributed by atoms with Crippen molar-refractivity contribution >= 4 is 33.2 Å². The van der Waals surface area contributed by atoms with Gasteiger partial charge in [-0.3, -0.25) is 19.3 Å². The fraction of sp³-hybridized carbons (Fsp3) is 0.357. The third-order valence-corrected chi connectivity index (χ3v) is 4.74. The van der Waals surface area contributed by atoms with E-state index in [4.69, 9.17) is 0 Å². The Labute approximate surface area is 128 Å². The SMILES string of the molecule is CC1C(=O)N(C)C(=O)C1C(=O)Nc1cccc(S(C)(=O)=O)c1. The molecule has 2 unspecified atom stereocenters. The second-order valence-electron chi connectivity index (χ2n) is 5.29. The third-order valence-electron chi connectivity index (χ3n) is 3.63. The molecule has 1 aromatic carbocycles. The molecule has 0 radical (unpaired) electrons. The number of nitrogens with zero attached hydrogens (tertiary/aromatic N) is 1. The van der Waals surface area contributed by atoms with E-state index in [0.717, 1.165) is 11.2 Å². The number of hydrogen-bond acceptors (Lipinski definition) is 5. The largest absolute Gasteiger partial charge is 0.325 e. The molecular formula is C14H16N2O5S. The second-order valence-corrected chi connectivity index (χ2v) is 7.31. The van der Waals surface area contributed by atoms with Crippen LogP contribution in [0.15, 0.2) is 29.2 Å². The Balaban J connectivity index is 2.23. The van der Waals surface area contributed by atoms with Crippen LogP contribution in [0.2, 0.25) is 0 Å². The summed E-state index contributed by atoms with van der Waals surface area (Å²) in [5.41, 5.74) is 0.259. The number of nitrogens with one attached hydrogen (secondary N) is 1. The molecule has 2 atom stereocenters. The lowest BCUT2D eigenvalue weighted by molar-refractivity contribution is -0.138. The summed E-state index contributed by atoms with van der Waals surface area (Å²) >= 11 is 0. The van der Waals surface area contributed by atoms with E-state index in [1.165, 1.54) is 38.2 Å². The summed E-state index contributed by atoms with van der Waals surface area (Å²) in [4.78, 5) is 36.9. The minimum atomic E-state index is -3.40. The van der Waals surface area contributed by atoms with E-state index < -0.39 is 39.4 Å². The summed E-state index contributed by atoms with van der Waals surface area (Å²) < 4.78 is 23.0. The molecule has 3 amide bonds. The van der Waals surface area contributed by atoms with Crippen molar-refractivity contribution in [2.75, 3.05) is 18.6 Å². The van der Waals surface area contributed by atoms with Crippen molar-refractivity contribution in [3.63, 3.8) is 0 Å². The summed E-state index contributed by atoms with van der Waals surface area (Å²) in [7, 11) is -2.07. The van der Waals surface area contributed by atoms with Gasteiger partial charge in [0.1, 0.15) is 5.92 Å². The van der Waals surface area contributed by atoms with Gasteiger partial charge in [0.2, 0.25) is 17.7 Å². The van der Waals surface area contributed by atoms with Crippen molar-refractivity contribution in [3.05, 3.63) is 24.3 Å². The van der Waals surface area contributed by atoms with Crippen LogP contribution in [0.25, 0.3) is 0 Å². The van der Waals surface area contributed by atoms with E-state index in [2.05, 4.69) is 5.32 Å². The predicted octanol–water partition coefficient (Wildman–Crippen LogP) is 0.279. The molecule has 22 heavy (non-hydrogen) atoms. The van der Waals surface area contributed by atoms with Crippen LogP contribution in [0.4, 0.5) is 5.69 Å². The molecule has 118 valence electrons. The quantitative estimate of drug-likeness (QED) is 0.636. The van der Waals surface area contributed by atoms with Crippen LogP contribution in [0.5, 0.6) is 0 Å². The van der Waals surface area contributed by atoms with Gasteiger partial charge < -0.3 is 5.32 Å². The van der Waals surface area contributed by atoms with Crippen LogP contribution in [0.3, 0.4) is 0 Å². The van der Waals surface area contributed by atoms with Gasteiger partial charge >= 0.3 is 0 Å². The molecule has 0 spiro atoms. The average Bonchev–Trinajstić information content (AvgIpc) is 2.62. The van der Waals surface area contributed by atoms with Gasteiger partial charge in [-0.25, -0.2) is 8.42 Å². The first-order valence-electron chi connectivity index (χ1n) is 6.55. The molecule has 0 aliphatic carbocycles. The van der Waals surface area contributed by atoms with Crippen LogP contribution in [0.1, 0.15) is 6.92 Å². The lowest BCUT2D eigenvalue weighted by Crippen LogP contribution is -2.32. The molecule has 1 aromatic rings. The smallest absolute Gasteiger partial charge is 0.242 e. The van der Waals surface area contributed by atoms with Crippen molar-refractivity contribution in [2.45, 2.75) is 11.8 Å². The van der Waals surface area contributed by atoms with Crippen molar-refractivity contribution in [1.29, 1.82) is 0 Å². The first-order valence-corrected chi connectivity index (χ1v) is 8.44. The van der Waals surface area contributed by atoms with E-state index in [9.17, 15) is 22.8 Å². The van der Waals surface area contributed by atoms with E-state index in [-0.39, 0.29) is 10.6 Å². The fourth-order valence-electron chi connectivity index (χ4n) is 2.34. The monoisotopic (exact) mass is 324 g/mol. The molecule has 1 aliphatic rings. The standard InChI is InChI=1S/C14H16N2O5S/c1-8-11(14(19)16(2)13(8)18)12(17)15-9-5-4-6-10(7-9)22(3,20)21/h4-8,11H,1-3H3,(H,15,17). The molecule has 0 bridgehead atoms. The maximum Gasteiger partial charge on any atom is 0.242 e. The fourth-order valence-corrected chi connectivity index (χ4v) is 3.01. The highest BCUT2D eigenvalue weighted by Gasteiger charge is 2.47. The Morgan fingerprint density at radius 1 is 1.23 bits per heavy atom. The zero-order valence-corrected chi connectivity index (χ0v) is 13.2. The van der Waals surface area contributed by atoms with Crippen molar-refractivity contribution < 1.29 is 22.8 Å². The lowest BCUT2D eigenvalue weighted by Gasteiger charge is -2.12. The highest BCUT2D eigenvalue weighted by atomic mass is 32.2. The molecule has 1 heterocycles. The number of sulfone groups is 1. The molecule has 1 aliphatic heterocycles. The minimum Gasteiger partial charge on any atom is -0.325 e. The van der Waals surface area contributed by atoms with Gasteiger partial charge in [-0.15, -0.1) is 0 Å². The average molecular weight is 324 g/mol. The molecule has 2 rings (SSSR count). The van der Waals surface area contributed by atoms with Gasteiger partial charge in [-0.1, -0.05) is 13.0 Å². The first kappa shape index (κ1) is 16.2. The number of amides is 3. The molecule has 1 N–H and O–H groups in total. The van der Waals surface area contributed by atoms with Crippen molar-refractivity contribution in [2.24, 2.45) is 11.8 Å². The predicted molar refractivity (Wildman–Crippen MR) is 78.6 cm³/mol. The van der Waals surface area contributed by atoms with Crippen molar-refractivity contribution in [1.82, 2.24) is 4.90 Å². The third kappa shape index (κ3) is 2.87. The van der Waals surface area contributed by atoms with Crippen LogP contribution in [-0.4, -0.2) is 44.3 Å². The summed E-state index contributed by atoms with van der Waals surface area (Å²) in [6.45, 7) is 1.51. The molecular weight excluding hydrogens is 308 g/mol. The van der Waals surface area contributed by atoms with E-state index in [1.54, 1.807) is 0 Å². The Morgan fingerprint density at radius 3 is 2.36 bits per heavy atom. The summed E-state index contributed by atoms with van der Waals surface area (Å²) in [6, 6.07) is 5.72. The number of rotatable bonds is 3. The van der Waals surface area contributed by atoms with Gasteiger partial charge in [0, 0.05) is 19.0 Å². The zero-order valence-electron chi connectivity index (χ0n) is 12.4. The van der Waals surface area contributed by atoms with Crippen LogP contribution in [-0.2, 0) is 24.2 Å². The maximum absolute atomic E-state index is 12.2. The summed E-state index contributed by atoms with van der Waals surface area (Å²) in [6.07, 6.45) is 1.06. The van der Waals surface area contributed by atoms with Gasteiger partial charge in [0.15, 0.2) is 9.84 Å². The number of carbonyl (C=O) groups excluding carboxylic acids is 3. The zero-order chi connectivity index (χ0) is 16.7. The van der Waals surface area contributed by atoms with Gasteiger partial charge in [0.25, 0.3) is 0 Å². The Hall–Kier alpha value is -2.22. The number of benzene rings is 1. The molecule has 1 fully saturated rings. The van der Waals surface area contributed by atoms with Crippen LogP contribution >= 0.6 is 0 Å². The molecule has 7 nitrogen and oxygen atoms in total. The Bertz CT molecular complexity index is 756. The minimum absolute atomic E-state index is 0.0595. The topological polar surface area (TPSA) is 101 Å². The number of imide groups is 1. The highest BCUT2D eigenvalue weighted by molar-refractivity contribution is 7.90.